The third kappa shape index (κ3) is 3.91. The predicted molar refractivity (Wildman–Crippen MR) is 86.9 cm³/mol. The highest BCUT2D eigenvalue weighted by Gasteiger charge is 2.30. The maximum absolute atomic E-state index is 12.8. The molecule has 0 bridgehead atoms. The van der Waals surface area contributed by atoms with Gasteiger partial charge in [0.2, 0.25) is 0 Å². The SMILES string of the molecule is O=C(NC1CCCCCCC1)c1cc2ccc(C(F)(F)F)cc2[nH]1. The summed E-state index contributed by atoms with van der Waals surface area (Å²) >= 11 is 0. The Bertz CT molecular complexity index is 713. The number of fused-ring (bicyclic) bond motifs is 1. The minimum Gasteiger partial charge on any atom is -0.351 e. The summed E-state index contributed by atoms with van der Waals surface area (Å²) in [6.07, 6.45) is 3.39. The number of hydrogen-bond acceptors (Lipinski definition) is 1. The minimum atomic E-state index is -4.39. The van der Waals surface area contributed by atoms with Gasteiger partial charge < -0.3 is 10.3 Å². The summed E-state index contributed by atoms with van der Waals surface area (Å²) in [6, 6.07) is 5.22. The first kappa shape index (κ1) is 16.9. The Morgan fingerprint density at radius 3 is 2.38 bits per heavy atom. The number of carbonyl (C=O) groups excluding carboxylic acids is 1. The van der Waals surface area contributed by atoms with Crippen molar-refractivity contribution in [3.05, 3.63) is 35.5 Å². The maximum Gasteiger partial charge on any atom is 0.416 e. The van der Waals surface area contributed by atoms with Gasteiger partial charge in [0.25, 0.3) is 5.91 Å². The van der Waals surface area contributed by atoms with Crippen molar-refractivity contribution in [2.75, 3.05) is 0 Å². The van der Waals surface area contributed by atoms with Crippen LogP contribution in [0.25, 0.3) is 10.9 Å². The number of alkyl halides is 3. The van der Waals surface area contributed by atoms with Crippen LogP contribution in [0.4, 0.5) is 13.2 Å². The van der Waals surface area contributed by atoms with Crippen LogP contribution in [-0.2, 0) is 6.18 Å². The molecule has 1 aliphatic rings. The average Bonchev–Trinajstić information content (AvgIpc) is 2.92. The molecule has 3 rings (SSSR count). The molecule has 0 unspecified atom stereocenters. The second kappa shape index (κ2) is 6.87. The quantitative estimate of drug-likeness (QED) is 0.792. The number of rotatable bonds is 2. The van der Waals surface area contributed by atoms with Crippen LogP contribution >= 0.6 is 0 Å². The lowest BCUT2D eigenvalue weighted by molar-refractivity contribution is -0.137. The van der Waals surface area contributed by atoms with E-state index in [0.717, 1.165) is 37.8 Å². The first-order valence-electron chi connectivity index (χ1n) is 8.44. The van der Waals surface area contributed by atoms with Crippen molar-refractivity contribution < 1.29 is 18.0 Å². The molecule has 0 aliphatic heterocycles. The molecule has 0 spiro atoms. The fraction of sp³-hybridized carbons (Fsp3) is 0.500. The van der Waals surface area contributed by atoms with Crippen LogP contribution in [0.15, 0.2) is 24.3 Å². The number of H-pyrrole nitrogens is 1. The van der Waals surface area contributed by atoms with Crippen molar-refractivity contribution in [3.8, 4) is 0 Å². The summed E-state index contributed by atoms with van der Waals surface area (Å²) in [4.78, 5) is 15.2. The van der Waals surface area contributed by atoms with Gasteiger partial charge in [-0.25, -0.2) is 0 Å². The van der Waals surface area contributed by atoms with E-state index in [1.165, 1.54) is 25.3 Å². The molecule has 1 heterocycles. The Hall–Kier alpha value is -1.98. The van der Waals surface area contributed by atoms with Crippen molar-refractivity contribution in [2.24, 2.45) is 0 Å². The molecule has 0 saturated heterocycles. The lowest BCUT2D eigenvalue weighted by atomic mass is 9.96. The van der Waals surface area contributed by atoms with Crippen molar-refractivity contribution >= 4 is 16.8 Å². The van der Waals surface area contributed by atoms with Crippen LogP contribution in [0.2, 0.25) is 0 Å². The van der Waals surface area contributed by atoms with E-state index in [0.29, 0.717) is 16.6 Å². The maximum atomic E-state index is 12.8. The second-order valence-electron chi connectivity index (χ2n) is 6.50. The van der Waals surface area contributed by atoms with E-state index in [-0.39, 0.29) is 11.9 Å². The van der Waals surface area contributed by atoms with Crippen LogP contribution in [0.5, 0.6) is 0 Å². The Morgan fingerprint density at radius 1 is 1.04 bits per heavy atom. The fourth-order valence-electron chi connectivity index (χ4n) is 3.29. The molecule has 130 valence electrons. The van der Waals surface area contributed by atoms with Gasteiger partial charge >= 0.3 is 6.18 Å². The Morgan fingerprint density at radius 2 is 1.71 bits per heavy atom. The van der Waals surface area contributed by atoms with Gasteiger partial charge in [-0.15, -0.1) is 0 Å². The van der Waals surface area contributed by atoms with Gasteiger partial charge in [0.15, 0.2) is 0 Å². The normalized spacial score (nSPS) is 17.5. The van der Waals surface area contributed by atoms with E-state index >= 15 is 0 Å². The van der Waals surface area contributed by atoms with Gasteiger partial charge in [0, 0.05) is 16.9 Å². The molecule has 24 heavy (non-hydrogen) atoms. The molecule has 1 saturated carbocycles. The molecule has 2 N–H and O–H groups in total. The first-order valence-corrected chi connectivity index (χ1v) is 8.44. The van der Waals surface area contributed by atoms with Crippen molar-refractivity contribution in [3.63, 3.8) is 0 Å². The van der Waals surface area contributed by atoms with E-state index in [2.05, 4.69) is 10.3 Å². The highest BCUT2D eigenvalue weighted by molar-refractivity contribution is 5.98. The molecular weight excluding hydrogens is 317 g/mol. The minimum absolute atomic E-state index is 0.148. The van der Waals surface area contributed by atoms with Crippen LogP contribution in [0, 0.1) is 0 Å². The van der Waals surface area contributed by atoms with Gasteiger partial charge in [0.05, 0.1) is 5.56 Å². The number of halogens is 3. The molecule has 1 amide bonds. The average molecular weight is 338 g/mol. The number of carbonyl (C=O) groups is 1. The van der Waals surface area contributed by atoms with Gasteiger partial charge in [-0.1, -0.05) is 38.2 Å². The van der Waals surface area contributed by atoms with E-state index in [4.69, 9.17) is 0 Å². The summed E-state index contributed by atoms with van der Waals surface area (Å²) < 4.78 is 38.3. The molecule has 1 aromatic heterocycles. The summed E-state index contributed by atoms with van der Waals surface area (Å²) in [6.45, 7) is 0. The van der Waals surface area contributed by atoms with Crippen molar-refractivity contribution in [1.29, 1.82) is 0 Å². The molecule has 1 aliphatic carbocycles. The van der Waals surface area contributed by atoms with E-state index in [1.807, 2.05) is 0 Å². The Balaban J connectivity index is 1.74. The summed E-state index contributed by atoms with van der Waals surface area (Å²) in [7, 11) is 0. The number of nitrogens with one attached hydrogen (secondary N) is 2. The smallest absolute Gasteiger partial charge is 0.351 e. The van der Waals surface area contributed by atoms with Crippen molar-refractivity contribution in [2.45, 2.75) is 57.2 Å². The summed E-state index contributed by atoms with van der Waals surface area (Å²) in [5, 5.41) is 3.62. The molecule has 1 aromatic carbocycles. The van der Waals surface area contributed by atoms with Gasteiger partial charge in [0.1, 0.15) is 5.69 Å². The molecular formula is C18H21F3N2O. The van der Waals surface area contributed by atoms with E-state index in [9.17, 15) is 18.0 Å². The lowest BCUT2D eigenvalue weighted by Gasteiger charge is -2.20. The number of amides is 1. The van der Waals surface area contributed by atoms with Crippen LogP contribution in [-0.4, -0.2) is 16.9 Å². The number of benzene rings is 1. The number of hydrogen-bond donors (Lipinski definition) is 2. The van der Waals surface area contributed by atoms with Gasteiger partial charge in [-0.3, -0.25) is 4.79 Å². The van der Waals surface area contributed by atoms with Gasteiger partial charge in [-0.2, -0.15) is 13.2 Å². The zero-order valence-electron chi connectivity index (χ0n) is 13.4. The molecule has 0 radical (unpaired) electrons. The second-order valence-corrected chi connectivity index (χ2v) is 6.50. The topological polar surface area (TPSA) is 44.9 Å². The zero-order chi connectivity index (χ0) is 17.2. The highest BCUT2D eigenvalue weighted by atomic mass is 19.4. The third-order valence-electron chi connectivity index (χ3n) is 4.63. The number of aromatic nitrogens is 1. The predicted octanol–water partition coefficient (Wildman–Crippen LogP) is 5.03. The third-order valence-corrected chi connectivity index (χ3v) is 4.63. The standard InChI is InChI=1S/C18H21F3N2O/c19-18(20,21)13-9-8-12-10-16(23-15(12)11-13)17(24)22-14-6-4-2-1-3-5-7-14/h8-11,14,23H,1-7H2,(H,22,24). The fourth-order valence-corrected chi connectivity index (χ4v) is 3.29. The first-order chi connectivity index (χ1) is 11.4. The van der Waals surface area contributed by atoms with Crippen LogP contribution in [0.1, 0.15) is 61.0 Å². The molecule has 3 nitrogen and oxygen atoms in total. The molecule has 2 aromatic rings. The Labute approximate surface area is 138 Å². The highest BCUT2D eigenvalue weighted by Crippen LogP contribution is 2.31. The Kier molecular flexibility index (Phi) is 4.83. The van der Waals surface area contributed by atoms with Gasteiger partial charge in [-0.05, 0) is 31.0 Å². The van der Waals surface area contributed by atoms with E-state index < -0.39 is 11.7 Å². The van der Waals surface area contributed by atoms with E-state index in [1.54, 1.807) is 6.07 Å². The molecule has 0 atom stereocenters. The zero-order valence-corrected chi connectivity index (χ0v) is 13.4. The summed E-state index contributed by atoms with van der Waals surface area (Å²) in [5.74, 6) is -0.245. The van der Waals surface area contributed by atoms with Crippen LogP contribution < -0.4 is 5.32 Å². The lowest BCUT2D eigenvalue weighted by Crippen LogP contribution is -2.35. The molecule has 6 heteroatoms. The monoisotopic (exact) mass is 338 g/mol. The van der Waals surface area contributed by atoms with Crippen molar-refractivity contribution in [1.82, 2.24) is 10.3 Å². The molecule has 1 fully saturated rings. The largest absolute Gasteiger partial charge is 0.416 e. The summed E-state index contributed by atoms with van der Waals surface area (Å²) in [5.41, 5.74) is -0.0807. The van der Waals surface area contributed by atoms with Crippen LogP contribution in [0.3, 0.4) is 0 Å². The number of aromatic amines is 1.